The quantitative estimate of drug-likeness (QED) is 0.0620. The lowest BCUT2D eigenvalue weighted by molar-refractivity contribution is -0.0609. The van der Waals surface area contributed by atoms with Crippen molar-refractivity contribution < 1.29 is 23.8 Å². The van der Waals surface area contributed by atoms with Crippen molar-refractivity contribution in [2.24, 2.45) is 0 Å². The molecule has 5 aromatic rings. The van der Waals surface area contributed by atoms with Crippen LogP contribution >= 0.6 is 0 Å². The fourth-order valence-corrected chi connectivity index (χ4v) is 5.89. The Balaban J connectivity index is 1.49. The first kappa shape index (κ1) is 33.4. The molecule has 5 rings (SSSR count). The van der Waals surface area contributed by atoms with Crippen molar-refractivity contribution in [3.63, 3.8) is 0 Å². The number of carbonyl (C=O) groups is 2. The van der Waals surface area contributed by atoms with E-state index in [4.69, 9.17) is 14.2 Å². The molecule has 2 atom stereocenters. The number of hydrogen-bond donors (Lipinski definition) is 0. The Morgan fingerprint density at radius 3 is 1.26 bits per heavy atom. The summed E-state index contributed by atoms with van der Waals surface area (Å²) >= 11 is 0. The minimum absolute atomic E-state index is 0.221. The molecule has 5 aromatic carbocycles. The number of ether oxygens (including phenoxy) is 3. The number of hydrogen-bond acceptors (Lipinski definition) is 5. The standard InChI is InChI=1S/C42H42O5/c1-2-3-9-30-38(46-40(43)33-20-10-4-11-21-33)39(47-41(44)34-22-12-5-13-23-34)31-32-45-42(35-24-14-6-15-25-35,36-26-16-7-17-27-36)37-28-18-8-19-29-37/h4-8,10-29,38-39H,2-3,9,30-32H2,1H3. The van der Waals surface area contributed by atoms with Gasteiger partial charge in [0.05, 0.1) is 17.7 Å². The molecule has 2 unspecified atom stereocenters. The van der Waals surface area contributed by atoms with Gasteiger partial charge in [-0.1, -0.05) is 147 Å². The molecule has 0 saturated carbocycles. The zero-order valence-electron chi connectivity index (χ0n) is 26.9. The average Bonchev–Trinajstić information content (AvgIpc) is 3.14. The van der Waals surface area contributed by atoms with E-state index < -0.39 is 29.7 Å². The predicted molar refractivity (Wildman–Crippen MR) is 185 cm³/mol. The van der Waals surface area contributed by atoms with E-state index in [1.807, 2.05) is 66.7 Å². The second-order valence-electron chi connectivity index (χ2n) is 11.5. The second-order valence-corrected chi connectivity index (χ2v) is 11.5. The van der Waals surface area contributed by atoms with Gasteiger partial charge in [-0.05, 0) is 53.8 Å². The molecule has 0 aliphatic carbocycles. The van der Waals surface area contributed by atoms with Crippen molar-refractivity contribution >= 4 is 11.9 Å². The van der Waals surface area contributed by atoms with Gasteiger partial charge in [0.2, 0.25) is 0 Å². The maximum Gasteiger partial charge on any atom is 0.338 e. The summed E-state index contributed by atoms with van der Waals surface area (Å²) in [6.07, 6.45) is 2.26. The number of unbranched alkanes of at least 4 members (excludes halogenated alkanes) is 2. The van der Waals surface area contributed by atoms with Crippen molar-refractivity contribution in [1.29, 1.82) is 0 Å². The Morgan fingerprint density at radius 2 is 0.872 bits per heavy atom. The van der Waals surface area contributed by atoms with Crippen LogP contribution in [0.25, 0.3) is 0 Å². The lowest BCUT2D eigenvalue weighted by Gasteiger charge is -2.37. The summed E-state index contributed by atoms with van der Waals surface area (Å²) in [5.74, 6) is -0.909. The van der Waals surface area contributed by atoms with E-state index in [2.05, 4.69) is 43.3 Å². The third-order valence-electron chi connectivity index (χ3n) is 8.30. The maximum absolute atomic E-state index is 13.5. The van der Waals surface area contributed by atoms with Gasteiger partial charge in [0, 0.05) is 6.42 Å². The van der Waals surface area contributed by atoms with E-state index in [0.29, 0.717) is 24.0 Å². The predicted octanol–water partition coefficient (Wildman–Crippen LogP) is 9.42. The van der Waals surface area contributed by atoms with E-state index in [-0.39, 0.29) is 6.61 Å². The van der Waals surface area contributed by atoms with Crippen LogP contribution in [0.2, 0.25) is 0 Å². The Labute approximate surface area is 278 Å². The van der Waals surface area contributed by atoms with E-state index in [9.17, 15) is 9.59 Å². The molecule has 0 aliphatic heterocycles. The van der Waals surface area contributed by atoms with Gasteiger partial charge in [-0.15, -0.1) is 0 Å². The fraction of sp³-hybridized carbons (Fsp3) is 0.238. The van der Waals surface area contributed by atoms with Crippen LogP contribution in [0, 0.1) is 0 Å². The third kappa shape index (κ3) is 8.63. The molecule has 0 N–H and O–H groups in total. The van der Waals surface area contributed by atoms with Crippen molar-refractivity contribution in [2.45, 2.75) is 56.8 Å². The summed E-state index contributed by atoms with van der Waals surface area (Å²) in [5, 5.41) is 0. The third-order valence-corrected chi connectivity index (χ3v) is 8.30. The summed E-state index contributed by atoms with van der Waals surface area (Å²) in [5.41, 5.74) is 2.89. The van der Waals surface area contributed by atoms with E-state index >= 15 is 0 Å². The minimum atomic E-state index is -0.934. The summed E-state index contributed by atoms with van der Waals surface area (Å²) in [7, 11) is 0. The molecule has 5 nitrogen and oxygen atoms in total. The lowest BCUT2D eigenvalue weighted by Crippen LogP contribution is -2.38. The highest BCUT2D eigenvalue weighted by Crippen LogP contribution is 2.40. The number of rotatable bonds is 16. The highest BCUT2D eigenvalue weighted by atomic mass is 16.6. The van der Waals surface area contributed by atoms with Crippen LogP contribution in [0.15, 0.2) is 152 Å². The largest absolute Gasteiger partial charge is 0.455 e. The van der Waals surface area contributed by atoms with Crippen LogP contribution in [0.1, 0.15) is 76.4 Å². The molecule has 0 amide bonds. The zero-order valence-corrected chi connectivity index (χ0v) is 26.9. The lowest BCUT2D eigenvalue weighted by atomic mass is 9.80. The Kier molecular flexibility index (Phi) is 12.1. The molecule has 0 aliphatic rings. The Hall–Kier alpha value is -5.00. The monoisotopic (exact) mass is 626 g/mol. The van der Waals surface area contributed by atoms with Gasteiger partial charge in [0.25, 0.3) is 0 Å². The SMILES string of the molecule is CCCCCC(OC(=O)c1ccccc1)C(CCOC(c1ccccc1)(c1ccccc1)c1ccccc1)OC(=O)c1ccccc1. The van der Waals surface area contributed by atoms with Crippen LogP contribution in [0.3, 0.4) is 0 Å². The normalized spacial score (nSPS) is 12.5. The van der Waals surface area contributed by atoms with Gasteiger partial charge in [-0.25, -0.2) is 9.59 Å². The van der Waals surface area contributed by atoms with Crippen LogP contribution in [0.5, 0.6) is 0 Å². The topological polar surface area (TPSA) is 61.8 Å². The van der Waals surface area contributed by atoms with Gasteiger partial charge in [0.15, 0.2) is 0 Å². The zero-order chi connectivity index (χ0) is 32.7. The molecule has 0 saturated heterocycles. The molecular weight excluding hydrogens is 584 g/mol. The van der Waals surface area contributed by atoms with Crippen LogP contribution in [-0.2, 0) is 19.8 Å². The number of benzene rings is 5. The fourth-order valence-electron chi connectivity index (χ4n) is 5.89. The molecule has 240 valence electrons. The summed E-state index contributed by atoms with van der Waals surface area (Å²) in [4.78, 5) is 26.8. The van der Waals surface area contributed by atoms with Crippen LogP contribution < -0.4 is 0 Å². The smallest absolute Gasteiger partial charge is 0.338 e. The first-order valence-corrected chi connectivity index (χ1v) is 16.4. The molecule has 0 spiro atoms. The highest BCUT2D eigenvalue weighted by Gasteiger charge is 2.38. The summed E-state index contributed by atoms with van der Waals surface area (Å²) < 4.78 is 19.4. The van der Waals surface area contributed by atoms with Gasteiger partial charge in [0.1, 0.15) is 17.8 Å². The van der Waals surface area contributed by atoms with E-state index in [0.717, 1.165) is 36.0 Å². The molecule has 0 radical (unpaired) electrons. The van der Waals surface area contributed by atoms with Crippen LogP contribution in [0.4, 0.5) is 0 Å². The maximum atomic E-state index is 13.5. The first-order chi connectivity index (χ1) is 23.1. The first-order valence-electron chi connectivity index (χ1n) is 16.4. The van der Waals surface area contributed by atoms with Crippen molar-refractivity contribution in [1.82, 2.24) is 0 Å². The number of esters is 2. The van der Waals surface area contributed by atoms with Crippen LogP contribution in [-0.4, -0.2) is 30.8 Å². The number of carbonyl (C=O) groups excluding carboxylic acids is 2. The van der Waals surface area contributed by atoms with Crippen molar-refractivity contribution in [3.05, 3.63) is 179 Å². The summed E-state index contributed by atoms with van der Waals surface area (Å²) in [6.45, 7) is 2.35. The second kappa shape index (κ2) is 17.1. The molecule has 0 bridgehead atoms. The molecule has 0 fully saturated rings. The van der Waals surface area contributed by atoms with Gasteiger partial charge >= 0.3 is 11.9 Å². The van der Waals surface area contributed by atoms with Gasteiger partial charge in [-0.3, -0.25) is 0 Å². The van der Waals surface area contributed by atoms with E-state index in [1.165, 1.54) is 0 Å². The molecular formula is C42H42O5. The summed E-state index contributed by atoms with van der Waals surface area (Å²) in [6, 6.07) is 48.3. The Morgan fingerprint density at radius 1 is 0.511 bits per heavy atom. The Bertz CT molecular complexity index is 1540. The molecule has 47 heavy (non-hydrogen) atoms. The molecule has 5 heteroatoms. The van der Waals surface area contributed by atoms with E-state index in [1.54, 1.807) is 48.5 Å². The average molecular weight is 627 g/mol. The van der Waals surface area contributed by atoms with Crippen molar-refractivity contribution in [3.8, 4) is 0 Å². The van der Waals surface area contributed by atoms with Gasteiger partial charge < -0.3 is 14.2 Å². The highest BCUT2D eigenvalue weighted by molar-refractivity contribution is 5.90. The minimum Gasteiger partial charge on any atom is -0.455 e. The van der Waals surface area contributed by atoms with Crippen molar-refractivity contribution in [2.75, 3.05) is 6.61 Å². The van der Waals surface area contributed by atoms with Gasteiger partial charge in [-0.2, -0.15) is 0 Å². The molecule has 0 aromatic heterocycles. The molecule has 0 heterocycles.